The number of amidine groups is 1. The standard InChI is InChI=1S/C19H16ClN3OS2/c1-3-23-17(24)16(18-22(2)14-9-4-5-10-15(14)25-18)26-19(23)21-13-8-6-7-12(20)11-13/h4-11H,3H2,1-2H3. The monoisotopic (exact) mass is 401 g/mol. The van der Waals surface area contributed by atoms with Crippen molar-refractivity contribution in [1.82, 2.24) is 4.90 Å². The predicted molar refractivity (Wildman–Crippen MR) is 111 cm³/mol. The first-order chi connectivity index (χ1) is 12.6. The van der Waals surface area contributed by atoms with Crippen LogP contribution in [-0.2, 0) is 4.79 Å². The Kier molecular flexibility index (Phi) is 4.73. The number of aliphatic imine (C=N–C) groups is 1. The predicted octanol–water partition coefficient (Wildman–Crippen LogP) is 5.33. The zero-order chi connectivity index (χ0) is 18.3. The van der Waals surface area contributed by atoms with Crippen molar-refractivity contribution in [2.75, 3.05) is 18.5 Å². The molecule has 132 valence electrons. The molecule has 0 saturated carbocycles. The van der Waals surface area contributed by atoms with E-state index in [1.165, 1.54) is 11.8 Å². The second-order valence-corrected chi connectivity index (χ2v) is 8.23. The van der Waals surface area contributed by atoms with Gasteiger partial charge >= 0.3 is 0 Å². The molecule has 4 nitrogen and oxygen atoms in total. The lowest BCUT2D eigenvalue weighted by Crippen LogP contribution is -2.29. The van der Waals surface area contributed by atoms with Gasteiger partial charge in [-0.25, -0.2) is 4.99 Å². The third-order valence-corrected chi connectivity index (χ3v) is 6.81. The molecule has 0 unspecified atom stereocenters. The first-order valence-corrected chi connectivity index (χ1v) is 10.2. The fraction of sp³-hybridized carbons (Fsp3) is 0.158. The number of carbonyl (C=O) groups excluding carboxylic acids is 1. The summed E-state index contributed by atoms with van der Waals surface area (Å²) in [5.41, 5.74) is 1.87. The third-order valence-electron chi connectivity index (χ3n) is 4.14. The van der Waals surface area contributed by atoms with E-state index in [0.717, 1.165) is 26.2 Å². The molecule has 2 aliphatic heterocycles. The summed E-state index contributed by atoms with van der Waals surface area (Å²) in [6.45, 7) is 2.53. The highest BCUT2D eigenvalue weighted by atomic mass is 35.5. The van der Waals surface area contributed by atoms with Gasteiger partial charge in [-0.1, -0.05) is 41.6 Å². The van der Waals surface area contributed by atoms with Crippen LogP contribution in [-0.4, -0.2) is 29.6 Å². The van der Waals surface area contributed by atoms with Crippen LogP contribution in [0.2, 0.25) is 5.02 Å². The lowest BCUT2D eigenvalue weighted by atomic mass is 10.3. The Bertz CT molecular complexity index is 957. The first-order valence-electron chi connectivity index (χ1n) is 8.17. The van der Waals surface area contributed by atoms with E-state index in [-0.39, 0.29) is 5.91 Å². The molecule has 26 heavy (non-hydrogen) atoms. The average molecular weight is 402 g/mol. The molecule has 2 aromatic rings. The maximum atomic E-state index is 13.0. The third kappa shape index (κ3) is 3.02. The summed E-state index contributed by atoms with van der Waals surface area (Å²) in [4.78, 5) is 23.3. The maximum Gasteiger partial charge on any atom is 0.269 e. The van der Waals surface area contributed by atoms with Crippen LogP contribution in [0.15, 0.2) is 68.4 Å². The van der Waals surface area contributed by atoms with Crippen LogP contribution >= 0.6 is 35.1 Å². The minimum absolute atomic E-state index is 0.000402. The Hall–Kier alpha value is -1.89. The summed E-state index contributed by atoms with van der Waals surface area (Å²) in [5, 5.41) is 2.27. The van der Waals surface area contributed by atoms with Gasteiger partial charge in [0.1, 0.15) is 4.91 Å². The summed E-state index contributed by atoms with van der Waals surface area (Å²) in [7, 11) is 2.00. The normalized spacial score (nSPS) is 21.0. The number of carbonyl (C=O) groups is 1. The smallest absolute Gasteiger partial charge is 0.269 e. The summed E-state index contributed by atoms with van der Waals surface area (Å²) >= 11 is 9.11. The Morgan fingerprint density at radius 3 is 2.65 bits per heavy atom. The Morgan fingerprint density at radius 1 is 1.12 bits per heavy atom. The molecule has 0 bridgehead atoms. The van der Waals surface area contributed by atoms with Crippen molar-refractivity contribution in [2.45, 2.75) is 11.8 Å². The van der Waals surface area contributed by atoms with Crippen molar-refractivity contribution in [3.05, 3.63) is 63.5 Å². The molecule has 1 amide bonds. The molecule has 1 fully saturated rings. The van der Waals surface area contributed by atoms with Crippen LogP contribution in [0.1, 0.15) is 6.92 Å². The van der Waals surface area contributed by atoms with Crippen molar-refractivity contribution >= 4 is 57.6 Å². The number of hydrogen-bond acceptors (Lipinski definition) is 5. The molecule has 0 radical (unpaired) electrons. The molecule has 2 aliphatic rings. The van der Waals surface area contributed by atoms with Crippen molar-refractivity contribution in [2.24, 2.45) is 4.99 Å². The lowest BCUT2D eigenvalue weighted by Gasteiger charge is -2.15. The van der Waals surface area contributed by atoms with Crippen LogP contribution in [0.4, 0.5) is 11.4 Å². The van der Waals surface area contributed by atoms with Gasteiger partial charge in [0.05, 0.1) is 16.4 Å². The van der Waals surface area contributed by atoms with Crippen molar-refractivity contribution in [1.29, 1.82) is 0 Å². The molecule has 0 atom stereocenters. The molecular formula is C19H16ClN3OS2. The van der Waals surface area contributed by atoms with Gasteiger partial charge in [0.25, 0.3) is 5.91 Å². The number of fused-ring (bicyclic) bond motifs is 1. The van der Waals surface area contributed by atoms with Gasteiger partial charge in [-0.15, -0.1) is 0 Å². The van der Waals surface area contributed by atoms with Crippen LogP contribution in [0.25, 0.3) is 0 Å². The summed E-state index contributed by atoms with van der Waals surface area (Å²) in [5.74, 6) is 0.000402. The highest BCUT2D eigenvalue weighted by molar-refractivity contribution is 8.19. The van der Waals surface area contributed by atoms with Gasteiger partial charge in [-0.2, -0.15) is 0 Å². The van der Waals surface area contributed by atoms with E-state index in [2.05, 4.69) is 22.0 Å². The van der Waals surface area contributed by atoms with Gasteiger partial charge in [0, 0.05) is 23.5 Å². The number of hydrogen-bond donors (Lipinski definition) is 0. The molecule has 0 aliphatic carbocycles. The fourth-order valence-corrected chi connectivity index (χ4v) is 5.45. The van der Waals surface area contributed by atoms with Crippen molar-refractivity contribution in [3.8, 4) is 0 Å². The molecule has 2 aromatic carbocycles. The quantitative estimate of drug-likeness (QED) is 0.637. The average Bonchev–Trinajstić information content (AvgIpc) is 3.12. The number of halogens is 1. The van der Waals surface area contributed by atoms with Gasteiger partial charge in [-0.05, 0) is 49.0 Å². The van der Waals surface area contributed by atoms with Gasteiger partial charge in [0.2, 0.25) is 0 Å². The number of amides is 1. The number of likely N-dealkylation sites (N-methyl/N-ethyl adjacent to an activating group) is 1. The van der Waals surface area contributed by atoms with E-state index in [1.807, 2.05) is 44.3 Å². The summed E-state index contributed by atoms with van der Waals surface area (Å²) in [6, 6.07) is 15.5. The first kappa shape index (κ1) is 17.5. The SMILES string of the molecule is CCN1C(=O)C(=C2Sc3ccccc3N2C)SC1=Nc1cccc(Cl)c1. The molecule has 0 aromatic heterocycles. The van der Waals surface area contributed by atoms with Crippen LogP contribution in [0.3, 0.4) is 0 Å². The van der Waals surface area contributed by atoms with E-state index < -0.39 is 0 Å². The number of nitrogens with zero attached hydrogens (tertiary/aromatic N) is 3. The Balaban J connectivity index is 1.73. The second kappa shape index (κ2) is 7.02. The van der Waals surface area contributed by atoms with Gasteiger partial charge in [-0.3, -0.25) is 9.69 Å². The van der Waals surface area contributed by atoms with E-state index in [1.54, 1.807) is 22.7 Å². The lowest BCUT2D eigenvalue weighted by molar-refractivity contribution is -0.122. The van der Waals surface area contributed by atoms with Gasteiger partial charge < -0.3 is 4.90 Å². The number of para-hydroxylation sites is 1. The van der Waals surface area contributed by atoms with Crippen LogP contribution in [0, 0.1) is 0 Å². The van der Waals surface area contributed by atoms with Gasteiger partial charge in [0.15, 0.2) is 5.17 Å². The molecular weight excluding hydrogens is 386 g/mol. The molecule has 7 heteroatoms. The van der Waals surface area contributed by atoms with E-state index in [9.17, 15) is 4.79 Å². The van der Waals surface area contributed by atoms with Crippen LogP contribution in [0.5, 0.6) is 0 Å². The minimum Gasteiger partial charge on any atom is -0.337 e. The number of anilines is 1. The highest BCUT2D eigenvalue weighted by Crippen LogP contribution is 2.49. The molecule has 0 N–H and O–H groups in total. The van der Waals surface area contributed by atoms with Crippen molar-refractivity contribution in [3.63, 3.8) is 0 Å². The zero-order valence-electron chi connectivity index (χ0n) is 14.3. The maximum absolute atomic E-state index is 13.0. The number of rotatable bonds is 2. The van der Waals surface area contributed by atoms with E-state index in [0.29, 0.717) is 16.7 Å². The van der Waals surface area contributed by atoms with Crippen molar-refractivity contribution < 1.29 is 4.79 Å². The van der Waals surface area contributed by atoms with Crippen LogP contribution < -0.4 is 4.90 Å². The molecule has 1 saturated heterocycles. The Labute approximate surface area is 165 Å². The minimum atomic E-state index is 0.000402. The Morgan fingerprint density at radius 2 is 1.92 bits per heavy atom. The largest absolute Gasteiger partial charge is 0.337 e. The molecule has 0 spiro atoms. The topological polar surface area (TPSA) is 35.9 Å². The molecule has 4 rings (SSSR count). The highest BCUT2D eigenvalue weighted by Gasteiger charge is 2.38. The fourth-order valence-electron chi connectivity index (χ4n) is 2.85. The molecule has 2 heterocycles. The van der Waals surface area contributed by atoms with E-state index >= 15 is 0 Å². The van der Waals surface area contributed by atoms with E-state index in [4.69, 9.17) is 11.6 Å². The second-order valence-electron chi connectivity index (χ2n) is 5.79. The summed E-state index contributed by atoms with van der Waals surface area (Å²) in [6.07, 6.45) is 0. The number of benzene rings is 2. The summed E-state index contributed by atoms with van der Waals surface area (Å²) < 4.78 is 0. The number of thioether (sulfide) groups is 2. The zero-order valence-corrected chi connectivity index (χ0v) is 16.7.